The topological polar surface area (TPSA) is 95.8 Å². The SMILES string of the molecule is COc1cc(Nc2nc(Cc3cccc(C(F)(F)F)c3)n(CCN)n2)ccc1-n1cnc(C)c1. The zero-order valence-corrected chi connectivity index (χ0v) is 18.7. The minimum atomic E-state index is -4.41. The first kappa shape index (κ1) is 23.3. The molecule has 0 saturated carbocycles. The molecule has 0 radical (unpaired) electrons. The first-order valence-corrected chi connectivity index (χ1v) is 10.5. The number of rotatable bonds is 8. The molecule has 2 aromatic heterocycles. The van der Waals surface area contributed by atoms with E-state index in [1.807, 2.05) is 29.8 Å². The Morgan fingerprint density at radius 1 is 1.15 bits per heavy atom. The van der Waals surface area contributed by atoms with Gasteiger partial charge in [-0.05, 0) is 30.7 Å². The summed E-state index contributed by atoms with van der Waals surface area (Å²) in [6, 6.07) is 10.7. The second-order valence-corrected chi connectivity index (χ2v) is 7.67. The summed E-state index contributed by atoms with van der Waals surface area (Å²) in [5.74, 6) is 1.43. The van der Waals surface area contributed by atoms with Crippen LogP contribution in [0.1, 0.15) is 22.6 Å². The Hall–Kier alpha value is -3.86. The molecule has 0 fully saturated rings. The van der Waals surface area contributed by atoms with Gasteiger partial charge in [-0.15, -0.1) is 5.10 Å². The third-order valence-corrected chi connectivity index (χ3v) is 5.13. The second kappa shape index (κ2) is 9.56. The number of hydrogen-bond donors (Lipinski definition) is 2. The largest absolute Gasteiger partial charge is 0.494 e. The third kappa shape index (κ3) is 5.20. The van der Waals surface area contributed by atoms with Crippen molar-refractivity contribution in [1.29, 1.82) is 0 Å². The molecule has 2 heterocycles. The van der Waals surface area contributed by atoms with Crippen LogP contribution in [0.4, 0.5) is 24.8 Å². The summed E-state index contributed by atoms with van der Waals surface area (Å²) in [5, 5.41) is 7.57. The van der Waals surface area contributed by atoms with E-state index in [-0.39, 0.29) is 6.42 Å². The van der Waals surface area contributed by atoms with Gasteiger partial charge in [0.15, 0.2) is 0 Å². The number of aromatic nitrogens is 5. The summed E-state index contributed by atoms with van der Waals surface area (Å²) < 4.78 is 48.2. The van der Waals surface area contributed by atoms with Crippen molar-refractivity contribution >= 4 is 11.6 Å². The number of hydrogen-bond acceptors (Lipinski definition) is 6. The van der Waals surface area contributed by atoms with Crippen molar-refractivity contribution in [2.24, 2.45) is 5.73 Å². The van der Waals surface area contributed by atoms with Crippen LogP contribution in [0.25, 0.3) is 5.69 Å². The number of nitrogens with zero attached hydrogens (tertiary/aromatic N) is 5. The van der Waals surface area contributed by atoms with E-state index in [4.69, 9.17) is 10.5 Å². The fraction of sp³-hybridized carbons (Fsp3) is 0.261. The smallest absolute Gasteiger partial charge is 0.416 e. The first-order chi connectivity index (χ1) is 16.3. The van der Waals surface area contributed by atoms with Crippen molar-refractivity contribution in [2.75, 3.05) is 19.0 Å². The van der Waals surface area contributed by atoms with Gasteiger partial charge < -0.3 is 20.4 Å². The van der Waals surface area contributed by atoms with Crippen LogP contribution in [0.2, 0.25) is 0 Å². The number of nitrogens with one attached hydrogen (secondary N) is 1. The van der Waals surface area contributed by atoms with Crippen molar-refractivity contribution in [3.63, 3.8) is 0 Å². The highest BCUT2D eigenvalue weighted by Crippen LogP contribution is 2.30. The maximum absolute atomic E-state index is 13.1. The molecule has 178 valence electrons. The molecule has 3 N–H and O–H groups in total. The minimum Gasteiger partial charge on any atom is -0.494 e. The maximum Gasteiger partial charge on any atom is 0.416 e. The average molecular weight is 471 g/mol. The van der Waals surface area contributed by atoms with Crippen molar-refractivity contribution in [1.82, 2.24) is 24.3 Å². The third-order valence-electron chi connectivity index (χ3n) is 5.13. The van der Waals surface area contributed by atoms with Gasteiger partial charge in [0.05, 0.1) is 36.9 Å². The molecular formula is C23H24F3N7O. The molecule has 0 aliphatic heterocycles. The molecule has 2 aromatic carbocycles. The highest BCUT2D eigenvalue weighted by molar-refractivity contribution is 5.62. The van der Waals surface area contributed by atoms with Crippen LogP contribution < -0.4 is 15.8 Å². The van der Waals surface area contributed by atoms with E-state index in [2.05, 4.69) is 20.4 Å². The van der Waals surface area contributed by atoms with Gasteiger partial charge in [0, 0.05) is 30.9 Å². The number of aryl methyl sites for hydroxylation is 1. The molecule has 0 saturated heterocycles. The summed E-state index contributed by atoms with van der Waals surface area (Å²) in [4.78, 5) is 8.74. The van der Waals surface area contributed by atoms with E-state index < -0.39 is 11.7 Å². The molecule has 4 aromatic rings. The lowest BCUT2D eigenvalue weighted by molar-refractivity contribution is -0.137. The lowest BCUT2D eigenvalue weighted by Gasteiger charge is -2.11. The first-order valence-electron chi connectivity index (χ1n) is 10.5. The highest BCUT2D eigenvalue weighted by atomic mass is 19.4. The lowest BCUT2D eigenvalue weighted by atomic mass is 10.1. The second-order valence-electron chi connectivity index (χ2n) is 7.67. The highest BCUT2D eigenvalue weighted by Gasteiger charge is 2.30. The van der Waals surface area contributed by atoms with Crippen LogP contribution >= 0.6 is 0 Å². The van der Waals surface area contributed by atoms with Crippen molar-refractivity contribution in [3.05, 3.63) is 77.6 Å². The zero-order valence-electron chi connectivity index (χ0n) is 18.7. The van der Waals surface area contributed by atoms with E-state index >= 15 is 0 Å². The molecule has 0 aliphatic rings. The van der Waals surface area contributed by atoms with Gasteiger partial charge in [0.2, 0.25) is 5.95 Å². The molecule has 8 nitrogen and oxygen atoms in total. The molecule has 34 heavy (non-hydrogen) atoms. The fourth-order valence-corrected chi connectivity index (χ4v) is 3.55. The molecular weight excluding hydrogens is 447 g/mol. The van der Waals surface area contributed by atoms with Gasteiger partial charge in [-0.25, -0.2) is 9.67 Å². The van der Waals surface area contributed by atoms with Crippen LogP contribution in [0.15, 0.2) is 55.0 Å². The molecule has 11 heteroatoms. The van der Waals surface area contributed by atoms with Crippen LogP contribution in [0, 0.1) is 6.92 Å². The standard InChI is InChI=1S/C23H24F3N7O/c1-15-13-32(14-28-15)19-7-6-18(12-20(19)34-2)29-22-30-21(33(31-22)9-8-27)11-16-4-3-5-17(10-16)23(24,25)26/h3-7,10,12-14H,8-9,11,27H2,1-2H3,(H,29,31). The average Bonchev–Trinajstić information content (AvgIpc) is 3.39. The summed E-state index contributed by atoms with van der Waals surface area (Å²) in [6.45, 7) is 2.59. The molecule has 4 rings (SSSR count). The normalized spacial score (nSPS) is 11.6. The van der Waals surface area contributed by atoms with Crippen LogP contribution in [-0.2, 0) is 19.1 Å². The van der Waals surface area contributed by atoms with Crippen LogP contribution in [0.3, 0.4) is 0 Å². The van der Waals surface area contributed by atoms with Gasteiger partial charge in [0.25, 0.3) is 0 Å². The van der Waals surface area contributed by atoms with E-state index in [9.17, 15) is 13.2 Å². The fourth-order valence-electron chi connectivity index (χ4n) is 3.55. The molecule has 0 amide bonds. The van der Waals surface area contributed by atoms with E-state index in [0.29, 0.717) is 41.9 Å². The number of ether oxygens (including phenoxy) is 1. The Bertz CT molecular complexity index is 1280. The van der Waals surface area contributed by atoms with Gasteiger partial charge in [-0.1, -0.05) is 18.2 Å². The number of benzene rings is 2. The van der Waals surface area contributed by atoms with Crippen molar-refractivity contribution in [2.45, 2.75) is 26.1 Å². The number of methoxy groups -OCH3 is 1. The molecule has 0 spiro atoms. The summed E-state index contributed by atoms with van der Waals surface area (Å²) in [7, 11) is 1.58. The Labute approximate surface area is 194 Å². The number of anilines is 2. The van der Waals surface area contributed by atoms with Gasteiger partial charge in [-0.3, -0.25) is 0 Å². The zero-order chi connectivity index (χ0) is 24.3. The number of imidazole rings is 1. The van der Waals surface area contributed by atoms with Gasteiger partial charge in [0.1, 0.15) is 11.6 Å². The van der Waals surface area contributed by atoms with Crippen LogP contribution in [0.5, 0.6) is 5.75 Å². The predicted octanol–water partition coefficient (Wildman–Crippen LogP) is 4.09. The Morgan fingerprint density at radius 2 is 1.97 bits per heavy atom. The molecule has 0 aliphatic carbocycles. The van der Waals surface area contributed by atoms with E-state index in [1.165, 1.54) is 6.07 Å². The Balaban J connectivity index is 1.58. The number of nitrogens with two attached hydrogens (primary N) is 1. The summed E-state index contributed by atoms with van der Waals surface area (Å²) >= 11 is 0. The summed E-state index contributed by atoms with van der Waals surface area (Å²) in [5.41, 5.74) is 7.86. The van der Waals surface area contributed by atoms with E-state index in [1.54, 1.807) is 30.3 Å². The summed E-state index contributed by atoms with van der Waals surface area (Å²) in [6.07, 6.45) is -0.632. The van der Waals surface area contributed by atoms with E-state index in [0.717, 1.165) is 23.5 Å². The molecule has 0 unspecified atom stereocenters. The van der Waals surface area contributed by atoms with Crippen molar-refractivity contribution < 1.29 is 17.9 Å². The Kier molecular flexibility index (Phi) is 6.55. The van der Waals surface area contributed by atoms with Gasteiger partial charge in [-0.2, -0.15) is 18.2 Å². The molecule has 0 atom stereocenters. The number of alkyl halides is 3. The number of halogens is 3. The van der Waals surface area contributed by atoms with Crippen molar-refractivity contribution in [3.8, 4) is 11.4 Å². The van der Waals surface area contributed by atoms with Crippen LogP contribution in [-0.4, -0.2) is 38.0 Å². The lowest BCUT2D eigenvalue weighted by Crippen LogP contribution is -2.14. The maximum atomic E-state index is 13.1. The Morgan fingerprint density at radius 3 is 2.65 bits per heavy atom. The quantitative estimate of drug-likeness (QED) is 0.402. The monoisotopic (exact) mass is 471 g/mol. The predicted molar refractivity (Wildman–Crippen MR) is 121 cm³/mol. The van der Waals surface area contributed by atoms with Gasteiger partial charge >= 0.3 is 6.18 Å². The molecule has 0 bridgehead atoms. The minimum absolute atomic E-state index is 0.181.